The Hall–Kier alpha value is -0.120. The zero-order chi connectivity index (χ0) is 13.9. The van der Waals surface area contributed by atoms with Crippen molar-refractivity contribution in [1.29, 1.82) is 0 Å². The molecule has 3 atom stereocenters. The minimum atomic E-state index is 0.758. The highest BCUT2D eigenvalue weighted by atomic mass is 15.3. The maximum Gasteiger partial charge on any atom is 0.0200 e. The Bertz CT molecular complexity index is 287. The molecule has 3 saturated heterocycles. The predicted molar refractivity (Wildman–Crippen MR) is 85.1 cm³/mol. The number of nitrogens with zero attached hydrogens (tertiary/aromatic N) is 2. The van der Waals surface area contributed by atoms with Crippen LogP contribution >= 0.6 is 0 Å². The molecular formula is C17H33N3. The highest BCUT2D eigenvalue weighted by Gasteiger charge is 2.42. The van der Waals surface area contributed by atoms with Crippen LogP contribution in [0.25, 0.3) is 0 Å². The third-order valence-electron chi connectivity index (χ3n) is 5.76. The van der Waals surface area contributed by atoms with E-state index in [2.05, 4.69) is 29.0 Å². The number of rotatable bonds is 5. The van der Waals surface area contributed by atoms with Crippen molar-refractivity contribution in [2.45, 2.75) is 83.0 Å². The molecule has 0 aromatic rings. The molecule has 3 unspecified atom stereocenters. The Morgan fingerprint density at radius 3 is 2.30 bits per heavy atom. The van der Waals surface area contributed by atoms with E-state index in [-0.39, 0.29) is 0 Å². The second kappa shape index (κ2) is 6.76. The van der Waals surface area contributed by atoms with E-state index in [0.29, 0.717) is 0 Å². The summed E-state index contributed by atoms with van der Waals surface area (Å²) in [6, 6.07) is 3.26. The summed E-state index contributed by atoms with van der Waals surface area (Å²) in [5, 5.41) is 3.69. The molecule has 3 rings (SSSR count). The molecule has 0 amide bonds. The van der Waals surface area contributed by atoms with Crippen LogP contribution in [0.1, 0.15) is 58.8 Å². The van der Waals surface area contributed by atoms with Gasteiger partial charge in [-0.15, -0.1) is 0 Å². The van der Waals surface area contributed by atoms with Gasteiger partial charge in [-0.2, -0.15) is 0 Å². The molecule has 0 spiro atoms. The van der Waals surface area contributed by atoms with Crippen molar-refractivity contribution in [3.05, 3.63) is 0 Å². The molecule has 0 aromatic heterocycles. The Balaban J connectivity index is 1.54. The van der Waals surface area contributed by atoms with Crippen LogP contribution in [0.2, 0.25) is 0 Å². The molecule has 3 aliphatic heterocycles. The highest BCUT2D eigenvalue weighted by molar-refractivity contribution is 4.99. The van der Waals surface area contributed by atoms with Gasteiger partial charge >= 0.3 is 0 Å². The number of fused-ring (bicyclic) bond motifs is 2. The van der Waals surface area contributed by atoms with E-state index >= 15 is 0 Å². The van der Waals surface area contributed by atoms with Crippen LogP contribution in [0.3, 0.4) is 0 Å². The normalized spacial score (nSPS) is 37.2. The van der Waals surface area contributed by atoms with E-state index in [1.165, 1.54) is 64.6 Å². The largest absolute Gasteiger partial charge is 0.314 e. The lowest BCUT2D eigenvalue weighted by molar-refractivity contribution is 0.0533. The molecule has 3 heteroatoms. The maximum atomic E-state index is 3.69. The first-order valence-corrected chi connectivity index (χ1v) is 9.01. The molecule has 3 nitrogen and oxygen atoms in total. The summed E-state index contributed by atoms with van der Waals surface area (Å²) in [6.07, 6.45) is 9.94. The van der Waals surface area contributed by atoms with Gasteiger partial charge in [0.15, 0.2) is 0 Å². The van der Waals surface area contributed by atoms with E-state index in [1.54, 1.807) is 0 Å². The minimum Gasteiger partial charge on any atom is -0.314 e. The number of hydrogen-bond donors (Lipinski definition) is 1. The Kier molecular flexibility index (Phi) is 5.00. The molecular weight excluding hydrogens is 246 g/mol. The first kappa shape index (κ1) is 14.8. The van der Waals surface area contributed by atoms with Crippen LogP contribution in [0, 0.1) is 0 Å². The van der Waals surface area contributed by atoms with Gasteiger partial charge in [-0.3, -0.25) is 4.90 Å². The van der Waals surface area contributed by atoms with Gasteiger partial charge in [0.05, 0.1) is 0 Å². The topological polar surface area (TPSA) is 18.5 Å². The molecule has 116 valence electrons. The third-order valence-corrected chi connectivity index (χ3v) is 5.76. The van der Waals surface area contributed by atoms with Crippen molar-refractivity contribution in [2.24, 2.45) is 0 Å². The molecule has 0 radical (unpaired) electrons. The van der Waals surface area contributed by atoms with Gasteiger partial charge in [0.2, 0.25) is 0 Å². The van der Waals surface area contributed by atoms with E-state index in [4.69, 9.17) is 0 Å². The number of nitrogens with one attached hydrogen (secondary N) is 1. The van der Waals surface area contributed by atoms with Crippen LogP contribution in [-0.4, -0.2) is 60.1 Å². The SMILES string of the molecule is CCNC1CC2CCC(C1)N2C(C)CN1CCCCC1. The Labute approximate surface area is 125 Å². The summed E-state index contributed by atoms with van der Waals surface area (Å²) in [6.45, 7) is 9.84. The smallest absolute Gasteiger partial charge is 0.0200 e. The highest BCUT2D eigenvalue weighted by Crippen LogP contribution is 2.37. The van der Waals surface area contributed by atoms with Gasteiger partial charge in [0.25, 0.3) is 0 Å². The van der Waals surface area contributed by atoms with Crippen molar-refractivity contribution in [1.82, 2.24) is 15.1 Å². The third kappa shape index (κ3) is 3.20. The monoisotopic (exact) mass is 279 g/mol. The van der Waals surface area contributed by atoms with E-state index < -0.39 is 0 Å². The molecule has 20 heavy (non-hydrogen) atoms. The number of piperidine rings is 2. The van der Waals surface area contributed by atoms with Crippen LogP contribution in [0.4, 0.5) is 0 Å². The van der Waals surface area contributed by atoms with Gasteiger partial charge in [0, 0.05) is 30.7 Å². The summed E-state index contributed by atoms with van der Waals surface area (Å²) >= 11 is 0. The van der Waals surface area contributed by atoms with Gasteiger partial charge < -0.3 is 10.2 Å². The van der Waals surface area contributed by atoms with Crippen molar-refractivity contribution in [3.8, 4) is 0 Å². The maximum absolute atomic E-state index is 3.69. The second-order valence-electron chi connectivity index (χ2n) is 7.27. The fourth-order valence-corrected chi connectivity index (χ4v) is 5.00. The van der Waals surface area contributed by atoms with Crippen LogP contribution in [-0.2, 0) is 0 Å². The van der Waals surface area contributed by atoms with Crippen molar-refractivity contribution >= 4 is 0 Å². The summed E-state index contributed by atoms with van der Waals surface area (Å²) in [5.74, 6) is 0. The quantitative estimate of drug-likeness (QED) is 0.834. The molecule has 0 saturated carbocycles. The van der Waals surface area contributed by atoms with E-state index in [9.17, 15) is 0 Å². The van der Waals surface area contributed by atoms with E-state index in [0.717, 1.165) is 30.7 Å². The Morgan fingerprint density at radius 1 is 1.05 bits per heavy atom. The summed E-state index contributed by atoms with van der Waals surface area (Å²) in [5.41, 5.74) is 0. The lowest BCUT2D eigenvalue weighted by Gasteiger charge is -2.44. The average molecular weight is 279 g/mol. The fourth-order valence-electron chi connectivity index (χ4n) is 5.00. The molecule has 3 fully saturated rings. The van der Waals surface area contributed by atoms with Crippen LogP contribution in [0.5, 0.6) is 0 Å². The molecule has 2 bridgehead atoms. The molecule has 0 aromatic carbocycles. The Morgan fingerprint density at radius 2 is 1.70 bits per heavy atom. The van der Waals surface area contributed by atoms with Crippen LogP contribution < -0.4 is 5.32 Å². The van der Waals surface area contributed by atoms with Gasteiger partial charge in [-0.05, 0) is 65.1 Å². The van der Waals surface area contributed by atoms with Crippen molar-refractivity contribution in [3.63, 3.8) is 0 Å². The summed E-state index contributed by atoms with van der Waals surface area (Å²) in [7, 11) is 0. The fraction of sp³-hybridized carbons (Fsp3) is 1.00. The lowest BCUT2D eigenvalue weighted by Crippen LogP contribution is -2.55. The summed E-state index contributed by atoms with van der Waals surface area (Å²) < 4.78 is 0. The van der Waals surface area contributed by atoms with Crippen molar-refractivity contribution in [2.75, 3.05) is 26.2 Å². The number of likely N-dealkylation sites (tertiary alicyclic amines) is 1. The second-order valence-corrected chi connectivity index (χ2v) is 7.27. The van der Waals surface area contributed by atoms with E-state index in [1.807, 2.05) is 0 Å². The zero-order valence-electron chi connectivity index (χ0n) is 13.5. The molecule has 0 aliphatic carbocycles. The average Bonchev–Trinajstić information content (AvgIpc) is 2.72. The van der Waals surface area contributed by atoms with Gasteiger partial charge in [0.1, 0.15) is 0 Å². The standard InChI is InChI=1S/C17H33N3/c1-3-18-15-11-16-7-8-17(12-15)20(16)14(2)13-19-9-5-4-6-10-19/h14-18H,3-13H2,1-2H3. The predicted octanol–water partition coefficient (Wildman–Crippen LogP) is 2.47. The van der Waals surface area contributed by atoms with Gasteiger partial charge in [-0.25, -0.2) is 0 Å². The first-order chi connectivity index (χ1) is 9.78. The van der Waals surface area contributed by atoms with Crippen molar-refractivity contribution < 1.29 is 0 Å². The first-order valence-electron chi connectivity index (χ1n) is 9.01. The number of hydrogen-bond acceptors (Lipinski definition) is 3. The molecule has 3 heterocycles. The molecule has 1 N–H and O–H groups in total. The lowest BCUT2D eigenvalue weighted by atomic mass is 9.95. The zero-order valence-corrected chi connectivity index (χ0v) is 13.5. The minimum absolute atomic E-state index is 0.758. The summed E-state index contributed by atoms with van der Waals surface area (Å²) in [4.78, 5) is 5.60. The van der Waals surface area contributed by atoms with Crippen LogP contribution in [0.15, 0.2) is 0 Å². The van der Waals surface area contributed by atoms with Gasteiger partial charge in [-0.1, -0.05) is 13.3 Å². The molecule has 3 aliphatic rings.